The number of anilines is 1. The third-order valence-electron chi connectivity index (χ3n) is 4.33. The number of carbonyl (C=O) groups excluding carboxylic acids is 1. The van der Waals surface area contributed by atoms with Crippen LogP contribution in [0.1, 0.15) is 43.0 Å². The van der Waals surface area contributed by atoms with Gasteiger partial charge in [-0.2, -0.15) is 0 Å². The van der Waals surface area contributed by atoms with Crippen molar-refractivity contribution in [1.29, 1.82) is 0 Å². The molecule has 0 saturated heterocycles. The summed E-state index contributed by atoms with van der Waals surface area (Å²) in [5.41, 5.74) is 0.918. The summed E-state index contributed by atoms with van der Waals surface area (Å²) in [7, 11) is -0.561. The molecule has 1 amide bonds. The first-order valence-electron chi connectivity index (χ1n) is 9.52. The van der Waals surface area contributed by atoms with E-state index in [4.69, 9.17) is 4.74 Å². The minimum Gasteiger partial charge on any atom is -0.493 e. The zero-order chi connectivity index (χ0) is 21.4. The Labute approximate surface area is 181 Å². The Balaban J connectivity index is 2.11. The molecule has 1 N–H and O–H groups in total. The lowest BCUT2D eigenvalue weighted by atomic mass is 10.1. The van der Waals surface area contributed by atoms with Gasteiger partial charge in [0.15, 0.2) is 0 Å². The van der Waals surface area contributed by atoms with Crippen LogP contribution in [0.3, 0.4) is 0 Å². The van der Waals surface area contributed by atoms with Gasteiger partial charge in [0.05, 0.1) is 17.1 Å². The molecule has 2 aromatic carbocycles. The van der Waals surface area contributed by atoms with Gasteiger partial charge in [-0.05, 0) is 48.9 Å². The Morgan fingerprint density at radius 3 is 2.38 bits per heavy atom. The van der Waals surface area contributed by atoms with E-state index in [2.05, 4.69) is 28.2 Å². The maximum Gasteiger partial charge on any atom is 0.259 e. The number of halogens is 1. The smallest absolute Gasteiger partial charge is 0.259 e. The molecule has 0 aliphatic rings. The van der Waals surface area contributed by atoms with Gasteiger partial charge in [0.2, 0.25) is 10.0 Å². The van der Waals surface area contributed by atoms with Crippen LogP contribution >= 0.6 is 15.9 Å². The van der Waals surface area contributed by atoms with Crippen LogP contribution in [0.25, 0.3) is 0 Å². The molecule has 8 heteroatoms. The number of benzene rings is 2. The monoisotopic (exact) mass is 482 g/mol. The first-order valence-corrected chi connectivity index (χ1v) is 11.7. The molecule has 6 nitrogen and oxygen atoms in total. The number of nitrogens with zero attached hydrogens (tertiary/aromatic N) is 1. The molecule has 0 radical (unpaired) electrons. The summed E-state index contributed by atoms with van der Waals surface area (Å²) in [5, 5.41) is 2.80. The molecule has 0 spiro atoms. The number of hydrogen-bond acceptors (Lipinski definition) is 4. The van der Waals surface area contributed by atoms with Crippen LogP contribution in [0.5, 0.6) is 5.75 Å². The lowest BCUT2D eigenvalue weighted by Gasteiger charge is -2.14. The van der Waals surface area contributed by atoms with E-state index in [1.54, 1.807) is 24.3 Å². The first kappa shape index (κ1) is 23.4. The largest absolute Gasteiger partial charge is 0.493 e. The Morgan fingerprint density at radius 2 is 1.76 bits per heavy atom. The molecule has 0 heterocycles. The van der Waals surface area contributed by atoms with Crippen LogP contribution in [0, 0.1) is 0 Å². The van der Waals surface area contributed by atoms with E-state index < -0.39 is 10.0 Å². The number of ether oxygens (including phenoxy) is 1. The van der Waals surface area contributed by atoms with Crippen molar-refractivity contribution < 1.29 is 17.9 Å². The number of carbonyl (C=O) groups is 1. The van der Waals surface area contributed by atoms with Gasteiger partial charge >= 0.3 is 0 Å². The summed E-state index contributed by atoms with van der Waals surface area (Å²) < 4.78 is 32.0. The van der Waals surface area contributed by atoms with Crippen molar-refractivity contribution in [2.24, 2.45) is 0 Å². The molecule has 2 aromatic rings. The summed E-state index contributed by atoms with van der Waals surface area (Å²) >= 11 is 3.39. The highest BCUT2D eigenvalue weighted by Crippen LogP contribution is 2.25. The van der Waals surface area contributed by atoms with E-state index in [-0.39, 0.29) is 10.8 Å². The van der Waals surface area contributed by atoms with Crippen molar-refractivity contribution in [1.82, 2.24) is 4.31 Å². The zero-order valence-corrected chi connectivity index (χ0v) is 19.3. The van der Waals surface area contributed by atoms with Crippen molar-refractivity contribution in [3.8, 4) is 5.75 Å². The fraction of sp³-hybridized carbons (Fsp3) is 0.381. The number of hydrogen-bond donors (Lipinski definition) is 1. The second-order valence-electron chi connectivity index (χ2n) is 6.82. The molecule has 2 rings (SSSR count). The maximum absolute atomic E-state index is 12.8. The fourth-order valence-electron chi connectivity index (χ4n) is 2.64. The van der Waals surface area contributed by atoms with Gasteiger partial charge < -0.3 is 10.1 Å². The van der Waals surface area contributed by atoms with Gasteiger partial charge in [-0.3, -0.25) is 4.79 Å². The topological polar surface area (TPSA) is 75.7 Å². The van der Waals surface area contributed by atoms with E-state index in [9.17, 15) is 13.2 Å². The lowest BCUT2D eigenvalue weighted by molar-refractivity contribution is 0.102. The number of nitrogens with one attached hydrogen (secondary N) is 1. The number of rotatable bonds is 10. The Kier molecular flexibility index (Phi) is 8.67. The fourth-order valence-corrected chi connectivity index (χ4v) is 3.90. The average molecular weight is 483 g/mol. The predicted molar refractivity (Wildman–Crippen MR) is 119 cm³/mol. The average Bonchev–Trinajstić information content (AvgIpc) is 2.69. The van der Waals surface area contributed by atoms with Gasteiger partial charge in [0.25, 0.3) is 5.91 Å². The van der Waals surface area contributed by atoms with Gasteiger partial charge in [-0.1, -0.05) is 42.1 Å². The molecule has 0 saturated carbocycles. The van der Waals surface area contributed by atoms with Gasteiger partial charge in [-0.15, -0.1) is 0 Å². The van der Waals surface area contributed by atoms with E-state index >= 15 is 0 Å². The highest BCUT2D eigenvalue weighted by Gasteiger charge is 2.18. The SMILES string of the molecule is CCCCCCOc1ccc(Br)cc1C(=O)Nc1ccc(S(=O)(=O)N(C)C)cc1. The second kappa shape index (κ2) is 10.8. The molecule has 0 atom stereocenters. The normalized spacial score (nSPS) is 11.5. The Morgan fingerprint density at radius 1 is 1.07 bits per heavy atom. The number of sulfonamides is 1. The van der Waals surface area contributed by atoms with E-state index in [1.165, 1.54) is 26.2 Å². The third-order valence-corrected chi connectivity index (χ3v) is 6.66. The van der Waals surface area contributed by atoms with Crippen molar-refractivity contribution in [3.05, 3.63) is 52.5 Å². The molecule has 0 unspecified atom stereocenters. The minimum absolute atomic E-state index is 0.166. The Hall–Kier alpha value is -1.90. The second-order valence-corrected chi connectivity index (χ2v) is 9.88. The summed E-state index contributed by atoms with van der Waals surface area (Å²) in [6.07, 6.45) is 4.35. The molecule has 0 aliphatic carbocycles. The van der Waals surface area contributed by atoms with Crippen LogP contribution in [0.2, 0.25) is 0 Å². The molecule has 0 aliphatic heterocycles. The van der Waals surface area contributed by atoms with Crippen LogP contribution in [-0.2, 0) is 10.0 Å². The van der Waals surface area contributed by atoms with Crippen LogP contribution in [-0.4, -0.2) is 39.3 Å². The Bertz CT molecular complexity index is 928. The van der Waals surface area contributed by atoms with Crippen LogP contribution in [0.4, 0.5) is 5.69 Å². The zero-order valence-electron chi connectivity index (χ0n) is 16.9. The van der Waals surface area contributed by atoms with Crippen molar-refractivity contribution >= 4 is 37.5 Å². The molecule has 0 fully saturated rings. The molecular formula is C21H27BrN2O4S. The van der Waals surface area contributed by atoms with E-state index in [1.807, 2.05) is 6.07 Å². The molecule has 158 valence electrons. The molecule has 0 bridgehead atoms. The standard InChI is InChI=1S/C21H27BrN2O4S/c1-4-5-6-7-14-28-20-13-8-16(22)15-19(20)21(25)23-17-9-11-18(12-10-17)29(26,27)24(2)3/h8-13,15H,4-7,14H2,1-3H3,(H,23,25). The van der Waals surface area contributed by atoms with Crippen LogP contribution < -0.4 is 10.1 Å². The summed E-state index contributed by atoms with van der Waals surface area (Å²) in [4.78, 5) is 12.9. The first-order chi connectivity index (χ1) is 13.8. The quantitative estimate of drug-likeness (QED) is 0.488. The highest BCUT2D eigenvalue weighted by molar-refractivity contribution is 9.10. The van der Waals surface area contributed by atoms with Crippen molar-refractivity contribution in [2.75, 3.05) is 26.0 Å². The molecule has 0 aromatic heterocycles. The van der Waals surface area contributed by atoms with Crippen molar-refractivity contribution in [2.45, 2.75) is 37.5 Å². The number of unbranched alkanes of at least 4 members (excludes halogenated alkanes) is 3. The van der Waals surface area contributed by atoms with Crippen molar-refractivity contribution in [3.63, 3.8) is 0 Å². The van der Waals surface area contributed by atoms with Gasteiger partial charge in [0.1, 0.15) is 5.75 Å². The van der Waals surface area contributed by atoms with Gasteiger partial charge in [0, 0.05) is 24.3 Å². The molecular weight excluding hydrogens is 456 g/mol. The van der Waals surface area contributed by atoms with Gasteiger partial charge in [-0.25, -0.2) is 12.7 Å². The molecule has 29 heavy (non-hydrogen) atoms. The summed E-state index contributed by atoms with van der Waals surface area (Å²) in [6, 6.07) is 11.4. The predicted octanol–water partition coefficient (Wildman–Crippen LogP) is 4.91. The van der Waals surface area contributed by atoms with Crippen LogP contribution in [0.15, 0.2) is 51.8 Å². The maximum atomic E-state index is 12.8. The van der Waals surface area contributed by atoms with E-state index in [0.29, 0.717) is 23.6 Å². The van der Waals surface area contributed by atoms with E-state index in [0.717, 1.165) is 34.5 Å². The number of amides is 1. The third kappa shape index (κ3) is 6.55. The summed E-state index contributed by atoms with van der Waals surface area (Å²) in [5.74, 6) is 0.201. The summed E-state index contributed by atoms with van der Waals surface area (Å²) in [6.45, 7) is 2.71. The lowest BCUT2D eigenvalue weighted by Crippen LogP contribution is -2.22. The highest BCUT2D eigenvalue weighted by atomic mass is 79.9. The minimum atomic E-state index is -3.51.